The molecule has 17 heavy (non-hydrogen) atoms. The Balaban J connectivity index is 2.27. The maximum Gasteiger partial charge on any atom is 0.302 e. The largest absolute Gasteiger partial charge is 0.302 e. The van der Waals surface area contributed by atoms with Gasteiger partial charge in [-0.1, -0.05) is 30.3 Å². The van der Waals surface area contributed by atoms with Gasteiger partial charge in [0.25, 0.3) is 0 Å². The summed E-state index contributed by atoms with van der Waals surface area (Å²) in [6.45, 7) is 0. The van der Waals surface area contributed by atoms with Crippen LogP contribution in [0.2, 0.25) is 0 Å². The van der Waals surface area contributed by atoms with Gasteiger partial charge >= 0.3 is 11.4 Å². The predicted octanol–water partition coefficient (Wildman–Crippen LogP) is 2.95. The number of alkyl halides is 1. The monoisotopic (exact) mass is 258 g/mol. The molecule has 1 saturated carbocycles. The minimum Gasteiger partial charge on any atom is -0.284 e. The zero-order valence-electron chi connectivity index (χ0n) is 9.34. The molecular formula is C12H15FO3S. The van der Waals surface area contributed by atoms with E-state index in [0.29, 0.717) is 25.7 Å². The van der Waals surface area contributed by atoms with Crippen LogP contribution in [-0.2, 0) is 21.1 Å². The Labute approximate surface area is 102 Å². The van der Waals surface area contributed by atoms with Gasteiger partial charge in [-0.2, -0.15) is 4.21 Å². The third-order valence-corrected chi connectivity index (χ3v) is 3.72. The average molecular weight is 258 g/mol. The summed E-state index contributed by atoms with van der Waals surface area (Å²) in [6, 6.07) is 9.27. The van der Waals surface area contributed by atoms with Crippen molar-refractivity contribution in [3.8, 4) is 0 Å². The highest BCUT2D eigenvalue weighted by Gasteiger charge is 2.39. The summed E-state index contributed by atoms with van der Waals surface area (Å²) in [5.74, 6) is 0. The molecule has 5 heteroatoms. The molecule has 1 fully saturated rings. The Morgan fingerprint density at radius 2 is 1.88 bits per heavy atom. The minimum atomic E-state index is -2.34. The quantitative estimate of drug-likeness (QED) is 0.848. The van der Waals surface area contributed by atoms with Crippen LogP contribution < -0.4 is 0 Å². The lowest BCUT2D eigenvalue weighted by Gasteiger charge is -2.36. The zero-order valence-corrected chi connectivity index (χ0v) is 10.2. The second kappa shape index (κ2) is 5.25. The molecule has 0 radical (unpaired) electrons. The summed E-state index contributed by atoms with van der Waals surface area (Å²) in [5, 5.41) is 0. The van der Waals surface area contributed by atoms with E-state index in [0.717, 1.165) is 5.56 Å². The van der Waals surface area contributed by atoms with E-state index in [2.05, 4.69) is 0 Å². The van der Waals surface area contributed by atoms with E-state index in [1.165, 1.54) is 0 Å². The van der Waals surface area contributed by atoms with Gasteiger partial charge in [0.15, 0.2) is 0 Å². The topological polar surface area (TPSA) is 46.5 Å². The fourth-order valence-corrected chi connectivity index (χ4v) is 2.88. The summed E-state index contributed by atoms with van der Waals surface area (Å²) in [6.07, 6.45) is 0.773. The van der Waals surface area contributed by atoms with Crippen molar-refractivity contribution in [2.45, 2.75) is 37.5 Å². The number of rotatable bonds is 3. The standard InChI is InChI=1S/C12H15FO3S/c13-11-6-8-12(9-7-11,16-17(14)15)10-4-2-1-3-5-10/h1-5,11H,6-9H2,(H,14,15). The van der Waals surface area contributed by atoms with Gasteiger partial charge in [0.2, 0.25) is 0 Å². The Hall–Kier alpha value is -0.780. The molecule has 1 atom stereocenters. The first kappa shape index (κ1) is 12.7. The number of halogens is 1. The Morgan fingerprint density at radius 3 is 2.41 bits per heavy atom. The van der Waals surface area contributed by atoms with Gasteiger partial charge in [0, 0.05) is 0 Å². The van der Waals surface area contributed by atoms with Gasteiger partial charge in [-0.15, -0.1) is 0 Å². The summed E-state index contributed by atoms with van der Waals surface area (Å²) in [4.78, 5) is 0. The van der Waals surface area contributed by atoms with Crippen LogP contribution in [0.15, 0.2) is 30.3 Å². The first-order chi connectivity index (χ1) is 8.12. The van der Waals surface area contributed by atoms with E-state index >= 15 is 0 Å². The summed E-state index contributed by atoms with van der Waals surface area (Å²) in [7, 11) is 0. The van der Waals surface area contributed by atoms with Gasteiger partial charge in [0.05, 0.1) is 0 Å². The minimum absolute atomic E-state index is 0.367. The molecule has 1 unspecified atom stereocenters. The van der Waals surface area contributed by atoms with Crippen LogP contribution in [0, 0.1) is 0 Å². The predicted molar refractivity (Wildman–Crippen MR) is 63.3 cm³/mol. The highest BCUT2D eigenvalue weighted by Crippen LogP contribution is 2.41. The van der Waals surface area contributed by atoms with Gasteiger partial charge in [0.1, 0.15) is 11.8 Å². The average Bonchev–Trinajstić information content (AvgIpc) is 2.33. The smallest absolute Gasteiger partial charge is 0.284 e. The molecule has 2 rings (SSSR count). The molecule has 0 heterocycles. The molecule has 0 amide bonds. The van der Waals surface area contributed by atoms with Gasteiger partial charge in [-0.3, -0.25) is 8.74 Å². The molecule has 0 aliphatic heterocycles. The van der Waals surface area contributed by atoms with Crippen LogP contribution in [-0.4, -0.2) is 14.9 Å². The summed E-state index contributed by atoms with van der Waals surface area (Å²) in [5.41, 5.74) is 0.0259. The van der Waals surface area contributed by atoms with Crippen molar-refractivity contribution in [2.75, 3.05) is 0 Å². The molecule has 0 bridgehead atoms. The molecule has 1 aliphatic carbocycles. The Bertz CT molecular complexity index is 388. The normalized spacial score (nSPS) is 31.1. The molecular weight excluding hydrogens is 243 g/mol. The van der Waals surface area contributed by atoms with Crippen LogP contribution >= 0.6 is 0 Å². The Morgan fingerprint density at radius 1 is 1.29 bits per heavy atom. The number of hydrogen-bond donors (Lipinski definition) is 1. The van der Waals surface area contributed by atoms with E-state index in [9.17, 15) is 8.60 Å². The molecule has 1 aromatic carbocycles. The highest BCUT2D eigenvalue weighted by molar-refractivity contribution is 7.74. The van der Waals surface area contributed by atoms with Crippen LogP contribution in [0.25, 0.3) is 0 Å². The third kappa shape index (κ3) is 2.91. The maximum atomic E-state index is 13.2. The molecule has 1 aliphatic rings. The second-order valence-electron chi connectivity index (χ2n) is 4.34. The van der Waals surface area contributed by atoms with E-state index < -0.39 is 23.1 Å². The van der Waals surface area contributed by atoms with Crippen molar-refractivity contribution >= 4 is 11.4 Å². The highest BCUT2D eigenvalue weighted by atomic mass is 32.2. The van der Waals surface area contributed by atoms with Crippen molar-refractivity contribution in [2.24, 2.45) is 0 Å². The lowest BCUT2D eigenvalue weighted by molar-refractivity contribution is 0.00904. The van der Waals surface area contributed by atoms with Gasteiger partial charge in [-0.05, 0) is 31.2 Å². The van der Waals surface area contributed by atoms with E-state index in [-0.39, 0.29) is 0 Å². The van der Waals surface area contributed by atoms with E-state index in [1.54, 1.807) is 0 Å². The zero-order chi connectivity index (χ0) is 12.3. The lowest BCUT2D eigenvalue weighted by atomic mass is 9.79. The van der Waals surface area contributed by atoms with Gasteiger partial charge in [-0.25, -0.2) is 4.39 Å². The second-order valence-corrected chi connectivity index (χ2v) is 4.94. The van der Waals surface area contributed by atoms with Crippen molar-refractivity contribution in [3.63, 3.8) is 0 Å². The first-order valence-electron chi connectivity index (χ1n) is 5.62. The SMILES string of the molecule is O=S(O)OC1(c2ccccc2)CCC(F)CC1. The van der Waals surface area contributed by atoms with Crippen LogP contribution in [0.4, 0.5) is 4.39 Å². The lowest BCUT2D eigenvalue weighted by Crippen LogP contribution is -2.35. The van der Waals surface area contributed by atoms with Crippen molar-refractivity contribution in [3.05, 3.63) is 35.9 Å². The molecule has 0 aromatic heterocycles. The molecule has 0 saturated heterocycles. The third-order valence-electron chi connectivity index (χ3n) is 3.25. The first-order valence-corrected chi connectivity index (χ1v) is 6.65. The van der Waals surface area contributed by atoms with Crippen molar-refractivity contribution < 1.29 is 17.3 Å². The fourth-order valence-electron chi connectivity index (χ4n) is 2.35. The number of hydrogen-bond acceptors (Lipinski definition) is 2. The molecule has 1 aromatic rings. The van der Waals surface area contributed by atoms with Crippen molar-refractivity contribution in [1.29, 1.82) is 0 Å². The van der Waals surface area contributed by atoms with Crippen LogP contribution in [0.5, 0.6) is 0 Å². The summed E-state index contributed by atoms with van der Waals surface area (Å²) >= 11 is -2.34. The summed E-state index contributed by atoms with van der Waals surface area (Å²) < 4.78 is 38.2. The van der Waals surface area contributed by atoms with Crippen molar-refractivity contribution in [1.82, 2.24) is 0 Å². The molecule has 94 valence electrons. The van der Waals surface area contributed by atoms with Crippen LogP contribution in [0.1, 0.15) is 31.2 Å². The molecule has 1 N–H and O–H groups in total. The van der Waals surface area contributed by atoms with E-state index in [4.69, 9.17) is 8.74 Å². The number of benzene rings is 1. The van der Waals surface area contributed by atoms with Crippen LogP contribution in [0.3, 0.4) is 0 Å². The molecule has 3 nitrogen and oxygen atoms in total. The Kier molecular flexibility index (Phi) is 3.91. The molecule has 0 spiro atoms. The van der Waals surface area contributed by atoms with Gasteiger partial charge < -0.3 is 0 Å². The fraction of sp³-hybridized carbons (Fsp3) is 0.500. The van der Waals surface area contributed by atoms with E-state index in [1.807, 2.05) is 30.3 Å². The maximum absolute atomic E-state index is 13.2.